The smallest absolute Gasteiger partial charge is 0.213 e. The Morgan fingerprint density at radius 1 is 0.793 bits per heavy atom. The second-order valence-electron chi connectivity index (χ2n) is 6.38. The lowest BCUT2D eigenvalue weighted by atomic mass is 9.98. The van der Waals surface area contributed by atoms with Crippen molar-refractivity contribution in [2.45, 2.75) is 6.04 Å². The first-order chi connectivity index (χ1) is 14.3. The zero-order chi connectivity index (χ0) is 20.1. The molecule has 6 heteroatoms. The van der Waals surface area contributed by atoms with Crippen LogP contribution >= 0.6 is 0 Å². The van der Waals surface area contributed by atoms with Crippen LogP contribution in [0.1, 0.15) is 17.2 Å². The molecule has 0 N–H and O–H groups in total. The lowest BCUT2D eigenvalue weighted by Crippen LogP contribution is -2.25. The van der Waals surface area contributed by atoms with Crippen molar-refractivity contribution >= 4 is 11.4 Å². The number of hydrogen-bond donors (Lipinski definition) is 0. The Bertz CT molecular complexity index is 1000. The number of pyridine rings is 3. The van der Waals surface area contributed by atoms with Gasteiger partial charge in [-0.2, -0.15) is 0 Å². The minimum atomic E-state index is -0.291. The molecule has 0 atom stereocenters. The molecule has 3 aromatic heterocycles. The SMILES string of the molecule is COc1ccc(N(c2ccc(F)cc2)C(c2cccnc2)c2cccnc2)cn1. The molecular weight excluding hydrogens is 367 g/mol. The molecule has 0 radical (unpaired) electrons. The van der Waals surface area contributed by atoms with Crippen LogP contribution in [0.4, 0.5) is 15.8 Å². The molecule has 0 fully saturated rings. The lowest BCUT2D eigenvalue weighted by molar-refractivity contribution is 0.398. The third kappa shape index (κ3) is 4.06. The zero-order valence-corrected chi connectivity index (χ0v) is 15.8. The summed E-state index contributed by atoms with van der Waals surface area (Å²) in [5.41, 5.74) is 3.59. The van der Waals surface area contributed by atoms with Crippen LogP contribution in [0.3, 0.4) is 0 Å². The van der Waals surface area contributed by atoms with Gasteiger partial charge in [0.15, 0.2) is 0 Å². The summed E-state index contributed by atoms with van der Waals surface area (Å²) in [6.07, 6.45) is 8.86. The fourth-order valence-corrected chi connectivity index (χ4v) is 3.25. The number of rotatable bonds is 6. The molecule has 0 aliphatic rings. The van der Waals surface area contributed by atoms with Gasteiger partial charge < -0.3 is 9.64 Å². The van der Waals surface area contributed by atoms with E-state index in [0.29, 0.717) is 5.88 Å². The number of halogens is 1. The van der Waals surface area contributed by atoms with E-state index in [1.165, 1.54) is 12.1 Å². The molecule has 1 aromatic carbocycles. The Morgan fingerprint density at radius 2 is 1.41 bits per heavy atom. The topological polar surface area (TPSA) is 51.1 Å². The van der Waals surface area contributed by atoms with Crippen molar-refractivity contribution in [3.05, 3.63) is 109 Å². The van der Waals surface area contributed by atoms with Crippen molar-refractivity contribution < 1.29 is 9.13 Å². The van der Waals surface area contributed by atoms with Gasteiger partial charge in [0.25, 0.3) is 0 Å². The van der Waals surface area contributed by atoms with E-state index in [1.54, 1.807) is 43.9 Å². The maximum absolute atomic E-state index is 13.6. The van der Waals surface area contributed by atoms with Crippen molar-refractivity contribution in [2.24, 2.45) is 0 Å². The van der Waals surface area contributed by atoms with Gasteiger partial charge in [-0.15, -0.1) is 0 Å². The van der Waals surface area contributed by atoms with Gasteiger partial charge in [0.05, 0.1) is 25.0 Å². The van der Waals surface area contributed by atoms with E-state index in [9.17, 15) is 4.39 Å². The molecule has 144 valence electrons. The lowest BCUT2D eigenvalue weighted by Gasteiger charge is -2.34. The Hall–Kier alpha value is -3.80. The van der Waals surface area contributed by atoms with Crippen LogP contribution in [0.2, 0.25) is 0 Å². The molecule has 0 amide bonds. The van der Waals surface area contributed by atoms with Crippen molar-refractivity contribution in [1.29, 1.82) is 0 Å². The fraction of sp³-hybridized carbons (Fsp3) is 0.0870. The Kier molecular flexibility index (Phi) is 5.42. The highest BCUT2D eigenvalue weighted by molar-refractivity contribution is 5.66. The normalized spacial score (nSPS) is 10.7. The van der Waals surface area contributed by atoms with E-state index >= 15 is 0 Å². The maximum atomic E-state index is 13.6. The van der Waals surface area contributed by atoms with Crippen LogP contribution in [-0.2, 0) is 0 Å². The minimum Gasteiger partial charge on any atom is -0.481 e. The highest BCUT2D eigenvalue weighted by Gasteiger charge is 2.25. The van der Waals surface area contributed by atoms with Crippen LogP contribution < -0.4 is 9.64 Å². The molecule has 0 unspecified atom stereocenters. The minimum absolute atomic E-state index is 0.238. The number of ether oxygens (including phenoxy) is 1. The third-order valence-electron chi connectivity index (χ3n) is 4.57. The number of aromatic nitrogens is 3. The van der Waals surface area contributed by atoms with Crippen molar-refractivity contribution in [3.63, 3.8) is 0 Å². The molecule has 29 heavy (non-hydrogen) atoms. The Morgan fingerprint density at radius 3 is 1.90 bits per heavy atom. The van der Waals surface area contributed by atoms with Crippen molar-refractivity contribution in [1.82, 2.24) is 15.0 Å². The number of hydrogen-bond acceptors (Lipinski definition) is 5. The van der Waals surface area contributed by atoms with E-state index in [1.807, 2.05) is 42.7 Å². The highest BCUT2D eigenvalue weighted by Crippen LogP contribution is 2.38. The first kappa shape index (κ1) is 18.6. The van der Waals surface area contributed by atoms with Gasteiger partial charge >= 0.3 is 0 Å². The molecule has 4 aromatic rings. The standard InChI is InChI=1S/C23H19FN4O/c1-29-22-11-10-21(16-27-22)28(20-8-6-19(24)7-9-20)23(17-4-2-12-25-14-17)18-5-3-13-26-15-18/h2-16,23H,1H3. The molecule has 0 aliphatic heterocycles. The van der Waals surface area contributed by atoms with Crippen LogP contribution in [0, 0.1) is 5.82 Å². The monoisotopic (exact) mass is 386 g/mol. The van der Waals surface area contributed by atoms with Gasteiger partial charge in [0, 0.05) is 36.5 Å². The number of benzene rings is 1. The maximum Gasteiger partial charge on any atom is 0.213 e. The fourth-order valence-electron chi connectivity index (χ4n) is 3.25. The zero-order valence-electron chi connectivity index (χ0n) is 15.8. The summed E-state index contributed by atoms with van der Waals surface area (Å²) in [7, 11) is 1.58. The molecule has 0 saturated carbocycles. The van der Waals surface area contributed by atoms with Crippen molar-refractivity contribution in [3.8, 4) is 5.88 Å². The van der Waals surface area contributed by atoms with Gasteiger partial charge in [-0.3, -0.25) is 9.97 Å². The van der Waals surface area contributed by atoms with Crippen molar-refractivity contribution in [2.75, 3.05) is 12.0 Å². The first-order valence-corrected chi connectivity index (χ1v) is 9.11. The van der Waals surface area contributed by atoms with E-state index in [0.717, 1.165) is 22.5 Å². The average Bonchev–Trinajstić information content (AvgIpc) is 2.79. The molecule has 0 saturated heterocycles. The molecule has 0 aliphatic carbocycles. The summed E-state index contributed by atoms with van der Waals surface area (Å²) >= 11 is 0. The second kappa shape index (κ2) is 8.48. The summed E-state index contributed by atoms with van der Waals surface area (Å²) in [4.78, 5) is 15.0. The van der Waals surface area contributed by atoms with Gasteiger partial charge in [0.2, 0.25) is 5.88 Å². The van der Waals surface area contributed by atoms with Gasteiger partial charge in [0.1, 0.15) is 5.82 Å². The van der Waals surface area contributed by atoms with E-state index < -0.39 is 0 Å². The summed E-state index contributed by atoms with van der Waals surface area (Å²) in [5.74, 6) is 0.230. The number of anilines is 2. The molecule has 0 spiro atoms. The van der Waals surface area contributed by atoms with Gasteiger partial charge in [-0.25, -0.2) is 9.37 Å². The van der Waals surface area contributed by atoms with E-state index in [-0.39, 0.29) is 11.9 Å². The Labute approximate surface area is 168 Å². The van der Waals surface area contributed by atoms with Gasteiger partial charge in [-0.05, 0) is 53.6 Å². The van der Waals surface area contributed by atoms with E-state index in [2.05, 4.69) is 19.9 Å². The molecule has 4 rings (SSSR count). The summed E-state index contributed by atoms with van der Waals surface area (Å²) in [6, 6.07) is 17.7. The predicted octanol–water partition coefficient (Wildman–Crippen LogP) is 4.95. The molecule has 0 bridgehead atoms. The third-order valence-corrected chi connectivity index (χ3v) is 4.57. The molecule has 3 heterocycles. The Balaban J connectivity index is 1.91. The second-order valence-corrected chi connectivity index (χ2v) is 6.38. The number of methoxy groups -OCH3 is 1. The quantitative estimate of drug-likeness (QED) is 0.469. The average molecular weight is 386 g/mol. The largest absolute Gasteiger partial charge is 0.481 e. The summed E-state index contributed by atoms with van der Waals surface area (Å²) in [5, 5.41) is 0. The molecular formula is C23H19FN4O. The molecule has 5 nitrogen and oxygen atoms in total. The van der Waals surface area contributed by atoms with Crippen LogP contribution in [0.5, 0.6) is 5.88 Å². The highest BCUT2D eigenvalue weighted by atomic mass is 19.1. The predicted molar refractivity (Wildman–Crippen MR) is 110 cm³/mol. The number of nitrogens with zero attached hydrogens (tertiary/aromatic N) is 4. The van der Waals surface area contributed by atoms with E-state index in [4.69, 9.17) is 4.74 Å². The van der Waals surface area contributed by atoms with Crippen LogP contribution in [-0.4, -0.2) is 22.1 Å². The van der Waals surface area contributed by atoms with Crippen LogP contribution in [0.15, 0.2) is 91.6 Å². The first-order valence-electron chi connectivity index (χ1n) is 9.11. The summed E-state index contributed by atoms with van der Waals surface area (Å²) in [6.45, 7) is 0. The summed E-state index contributed by atoms with van der Waals surface area (Å²) < 4.78 is 18.8. The van der Waals surface area contributed by atoms with Crippen LogP contribution in [0.25, 0.3) is 0 Å². The van der Waals surface area contributed by atoms with Gasteiger partial charge in [-0.1, -0.05) is 12.1 Å².